The smallest absolute Gasteiger partial charge is 0.132 e. The van der Waals surface area contributed by atoms with Crippen LogP contribution in [0.3, 0.4) is 0 Å². The molecular weight excluding hydrogens is 320 g/mol. The number of carbonyl (C=O) groups is 2. The van der Waals surface area contributed by atoms with E-state index in [9.17, 15) is 9.59 Å². The van der Waals surface area contributed by atoms with Crippen LogP contribution in [0.2, 0.25) is 0 Å². The summed E-state index contributed by atoms with van der Waals surface area (Å²) in [6.45, 7) is 12.1. The van der Waals surface area contributed by atoms with Crippen molar-refractivity contribution in [3.05, 3.63) is 35.5 Å². The average molecular weight is 361 g/mol. The zero-order valence-corrected chi connectivity index (χ0v) is 17.9. The molecule has 0 saturated carbocycles. The fraction of sp³-hybridized carbons (Fsp3) is 0.667. The summed E-state index contributed by atoms with van der Waals surface area (Å²) in [5, 5.41) is 0. The SMILES string of the molecule is CCC(=O)CC/C(C)=C/CC/C(C)=C/CC/C=C/[C@@H](C)C[C@@H](C)C(C)=O. The Morgan fingerprint density at radius 3 is 2.08 bits per heavy atom. The van der Waals surface area contributed by atoms with Crippen molar-refractivity contribution in [2.75, 3.05) is 0 Å². The number of unbranched alkanes of at least 4 members (excludes halogenated alkanes) is 1. The normalized spacial score (nSPS) is 15.3. The molecule has 0 fully saturated rings. The van der Waals surface area contributed by atoms with E-state index in [0.29, 0.717) is 24.5 Å². The zero-order valence-electron chi connectivity index (χ0n) is 17.9. The Labute approximate surface area is 161 Å². The summed E-state index contributed by atoms with van der Waals surface area (Å²) < 4.78 is 0. The number of rotatable bonds is 14. The molecule has 0 aliphatic heterocycles. The molecule has 0 amide bonds. The van der Waals surface area contributed by atoms with Crippen molar-refractivity contribution in [3.8, 4) is 0 Å². The van der Waals surface area contributed by atoms with Crippen LogP contribution in [0.25, 0.3) is 0 Å². The number of hydrogen-bond acceptors (Lipinski definition) is 2. The number of ketones is 2. The van der Waals surface area contributed by atoms with E-state index in [1.54, 1.807) is 6.92 Å². The van der Waals surface area contributed by atoms with E-state index in [0.717, 1.165) is 38.5 Å². The van der Waals surface area contributed by atoms with Gasteiger partial charge >= 0.3 is 0 Å². The molecular formula is C24H40O2. The fourth-order valence-corrected chi connectivity index (χ4v) is 2.82. The first-order valence-corrected chi connectivity index (χ1v) is 10.3. The summed E-state index contributed by atoms with van der Waals surface area (Å²) in [6, 6.07) is 0. The maximum Gasteiger partial charge on any atom is 0.132 e. The first-order valence-electron chi connectivity index (χ1n) is 10.3. The van der Waals surface area contributed by atoms with Crippen LogP contribution in [0.15, 0.2) is 35.5 Å². The quantitative estimate of drug-likeness (QED) is 0.247. The van der Waals surface area contributed by atoms with Gasteiger partial charge in [0.1, 0.15) is 11.6 Å². The molecule has 0 heterocycles. The van der Waals surface area contributed by atoms with Gasteiger partial charge in [-0.25, -0.2) is 0 Å². The van der Waals surface area contributed by atoms with Crippen LogP contribution in [0.4, 0.5) is 0 Å². The molecule has 0 unspecified atom stereocenters. The van der Waals surface area contributed by atoms with Crippen molar-refractivity contribution in [2.24, 2.45) is 11.8 Å². The fourth-order valence-electron chi connectivity index (χ4n) is 2.82. The van der Waals surface area contributed by atoms with Gasteiger partial charge in [-0.2, -0.15) is 0 Å². The van der Waals surface area contributed by atoms with Gasteiger partial charge in [-0.1, -0.05) is 56.2 Å². The van der Waals surface area contributed by atoms with Gasteiger partial charge in [-0.15, -0.1) is 0 Å². The third kappa shape index (κ3) is 13.8. The van der Waals surface area contributed by atoms with E-state index < -0.39 is 0 Å². The number of carbonyl (C=O) groups excluding carboxylic acids is 2. The third-order valence-corrected chi connectivity index (χ3v) is 4.93. The minimum Gasteiger partial charge on any atom is -0.300 e. The highest BCUT2D eigenvalue weighted by molar-refractivity contribution is 5.78. The molecule has 0 aromatic heterocycles. The van der Waals surface area contributed by atoms with Gasteiger partial charge in [-0.05, 0) is 65.2 Å². The van der Waals surface area contributed by atoms with Crippen molar-refractivity contribution in [2.45, 2.75) is 92.9 Å². The summed E-state index contributed by atoms with van der Waals surface area (Å²) in [5.41, 5.74) is 2.77. The first-order chi connectivity index (χ1) is 12.3. The summed E-state index contributed by atoms with van der Waals surface area (Å²) >= 11 is 0. The second kappa shape index (κ2) is 14.7. The topological polar surface area (TPSA) is 34.1 Å². The number of hydrogen-bond donors (Lipinski definition) is 0. The maximum absolute atomic E-state index is 11.3. The van der Waals surface area contributed by atoms with Crippen molar-refractivity contribution < 1.29 is 9.59 Å². The van der Waals surface area contributed by atoms with Crippen LogP contribution < -0.4 is 0 Å². The summed E-state index contributed by atoms with van der Waals surface area (Å²) in [7, 11) is 0. The van der Waals surface area contributed by atoms with Crippen molar-refractivity contribution in [1.29, 1.82) is 0 Å². The lowest BCUT2D eigenvalue weighted by Crippen LogP contribution is -2.09. The highest BCUT2D eigenvalue weighted by atomic mass is 16.1. The molecule has 0 rings (SSSR count). The van der Waals surface area contributed by atoms with Gasteiger partial charge in [0, 0.05) is 18.8 Å². The average Bonchev–Trinajstić information content (AvgIpc) is 2.59. The Bertz CT molecular complexity index is 508. The van der Waals surface area contributed by atoms with Crippen LogP contribution >= 0.6 is 0 Å². The molecule has 0 saturated heterocycles. The van der Waals surface area contributed by atoms with Crippen LogP contribution in [0.5, 0.6) is 0 Å². The van der Waals surface area contributed by atoms with Crippen LogP contribution in [-0.4, -0.2) is 11.6 Å². The second-order valence-electron chi connectivity index (χ2n) is 7.76. The Morgan fingerprint density at radius 1 is 0.846 bits per heavy atom. The minimum atomic E-state index is 0.161. The van der Waals surface area contributed by atoms with E-state index >= 15 is 0 Å². The molecule has 0 N–H and O–H groups in total. The van der Waals surface area contributed by atoms with E-state index in [1.165, 1.54) is 11.1 Å². The monoisotopic (exact) mass is 360 g/mol. The van der Waals surface area contributed by atoms with Crippen LogP contribution in [0, 0.1) is 11.8 Å². The lowest BCUT2D eigenvalue weighted by atomic mass is 9.94. The lowest BCUT2D eigenvalue weighted by molar-refractivity contribution is -0.120. The van der Waals surface area contributed by atoms with E-state index in [2.05, 4.69) is 45.1 Å². The largest absolute Gasteiger partial charge is 0.300 e. The summed E-state index contributed by atoms with van der Waals surface area (Å²) in [6.07, 6.45) is 16.6. The van der Waals surface area contributed by atoms with Gasteiger partial charge in [0.15, 0.2) is 0 Å². The van der Waals surface area contributed by atoms with Gasteiger partial charge in [-0.3, -0.25) is 9.59 Å². The second-order valence-corrected chi connectivity index (χ2v) is 7.76. The number of Topliss-reactive ketones (excluding diaryl/α,β-unsaturated/α-hetero) is 2. The van der Waals surface area contributed by atoms with Crippen molar-refractivity contribution in [3.63, 3.8) is 0 Å². The highest BCUT2D eigenvalue weighted by Gasteiger charge is 2.10. The molecule has 2 nitrogen and oxygen atoms in total. The molecule has 0 radical (unpaired) electrons. The van der Waals surface area contributed by atoms with Gasteiger partial charge in [0.05, 0.1) is 0 Å². The molecule has 0 aliphatic carbocycles. The van der Waals surface area contributed by atoms with Crippen LogP contribution in [-0.2, 0) is 9.59 Å². The van der Waals surface area contributed by atoms with Gasteiger partial charge < -0.3 is 0 Å². The molecule has 2 atom stereocenters. The predicted molar refractivity (Wildman–Crippen MR) is 113 cm³/mol. The highest BCUT2D eigenvalue weighted by Crippen LogP contribution is 2.15. The van der Waals surface area contributed by atoms with Crippen molar-refractivity contribution in [1.82, 2.24) is 0 Å². The first kappa shape index (κ1) is 24.6. The predicted octanol–water partition coefficient (Wildman–Crippen LogP) is 7.01. The lowest BCUT2D eigenvalue weighted by Gasteiger charge is -2.10. The summed E-state index contributed by atoms with van der Waals surface area (Å²) in [5.74, 6) is 1.26. The molecule has 0 bridgehead atoms. The van der Waals surface area contributed by atoms with Gasteiger partial charge in [0.25, 0.3) is 0 Å². The molecule has 0 aromatic carbocycles. The molecule has 2 heteroatoms. The molecule has 148 valence electrons. The third-order valence-electron chi connectivity index (χ3n) is 4.93. The maximum atomic E-state index is 11.3. The minimum absolute atomic E-state index is 0.161. The molecule has 0 aliphatic rings. The summed E-state index contributed by atoms with van der Waals surface area (Å²) in [4.78, 5) is 22.6. The van der Waals surface area contributed by atoms with E-state index in [-0.39, 0.29) is 11.7 Å². The Morgan fingerprint density at radius 2 is 1.46 bits per heavy atom. The standard InChI is InChI=1S/C24H40O2/c1-7-24(26)17-16-20(3)15-11-14-19(2)12-9-8-10-13-21(4)18-22(5)23(6)25/h10,12-13,15,21-22H,7-9,11,14,16-18H2,1-6H3/b13-10+,19-12+,20-15+/t21-,22-/m1/s1. The van der Waals surface area contributed by atoms with E-state index in [1.807, 2.05) is 13.8 Å². The molecule has 0 aromatic rings. The van der Waals surface area contributed by atoms with Crippen molar-refractivity contribution >= 4 is 11.6 Å². The van der Waals surface area contributed by atoms with E-state index in [4.69, 9.17) is 0 Å². The Kier molecular flexibility index (Phi) is 13.9. The number of allylic oxidation sites excluding steroid dienone is 6. The Balaban J connectivity index is 3.99. The van der Waals surface area contributed by atoms with Gasteiger partial charge in [0.2, 0.25) is 0 Å². The molecule has 26 heavy (non-hydrogen) atoms. The Hall–Kier alpha value is -1.44. The molecule has 0 spiro atoms. The van der Waals surface area contributed by atoms with Crippen LogP contribution in [0.1, 0.15) is 92.9 Å². The zero-order chi connectivity index (χ0) is 19.9.